The number of ether oxygens (including phenoxy) is 2. The Morgan fingerprint density at radius 2 is 0.895 bits per heavy atom. The Morgan fingerprint density at radius 3 is 1.26 bits per heavy atom. The molecule has 0 bridgehead atoms. The number of esters is 2. The second kappa shape index (κ2) is 28.9. The van der Waals surface area contributed by atoms with Gasteiger partial charge < -0.3 is 14.6 Å². The highest BCUT2D eigenvalue weighted by Crippen LogP contribution is 2.15. The van der Waals surface area contributed by atoms with Crippen molar-refractivity contribution in [2.24, 2.45) is 5.92 Å². The molecule has 1 N–H and O–H groups in total. The van der Waals surface area contributed by atoms with E-state index in [0.29, 0.717) is 12.8 Å². The van der Waals surface area contributed by atoms with E-state index in [4.69, 9.17) is 9.47 Å². The predicted octanol–water partition coefficient (Wildman–Crippen LogP) is 9.47. The largest absolute Gasteiger partial charge is 0.463 e. The van der Waals surface area contributed by atoms with Gasteiger partial charge in [-0.25, -0.2) is 0 Å². The molecule has 0 aromatic rings. The van der Waals surface area contributed by atoms with Crippen LogP contribution in [-0.4, -0.2) is 36.4 Å². The molecule has 0 aliphatic heterocycles. The van der Waals surface area contributed by atoms with Crippen molar-refractivity contribution in [3.63, 3.8) is 0 Å². The number of rotatable bonds is 29. The average Bonchev–Trinajstić information content (AvgIpc) is 2.92. The molecule has 1 unspecified atom stereocenters. The number of aliphatic hydroxyl groups excluding tert-OH is 1. The molecule has 0 amide bonds. The first-order chi connectivity index (χ1) is 18.5. The number of hydrogen-bond acceptors (Lipinski definition) is 5. The van der Waals surface area contributed by atoms with Gasteiger partial charge in [-0.3, -0.25) is 9.59 Å². The molecular formula is C33H64O5. The van der Waals surface area contributed by atoms with Gasteiger partial charge in [-0.05, 0) is 18.8 Å². The molecule has 0 fully saturated rings. The highest BCUT2D eigenvalue weighted by Gasteiger charge is 2.12. The minimum atomic E-state index is -0.954. The SMILES string of the molecule is CCCCCCCCCCCCCCC(=O)OC[C@@H](O)COC(=O)CCCCCCCCCCC(C)CC. The molecule has 0 radical (unpaired) electrons. The van der Waals surface area contributed by atoms with Crippen molar-refractivity contribution in [3.05, 3.63) is 0 Å². The molecule has 38 heavy (non-hydrogen) atoms. The van der Waals surface area contributed by atoms with E-state index in [1.54, 1.807) is 0 Å². The second-order valence-electron chi connectivity index (χ2n) is 11.5. The fourth-order valence-corrected chi connectivity index (χ4v) is 4.71. The lowest BCUT2D eigenvalue weighted by Gasteiger charge is -2.12. The predicted molar refractivity (Wildman–Crippen MR) is 159 cm³/mol. The van der Waals surface area contributed by atoms with Gasteiger partial charge in [0.2, 0.25) is 0 Å². The van der Waals surface area contributed by atoms with Crippen LogP contribution in [0.1, 0.15) is 175 Å². The van der Waals surface area contributed by atoms with Crippen LogP contribution in [0.5, 0.6) is 0 Å². The molecule has 0 spiro atoms. The summed E-state index contributed by atoms with van der Waals surface area (Å²) in [5.74, 6) is 0.301. The van der Waals surface area contributed by atoms with Gasteiger partial charge in [0, 0.05) is 12.8 Å². The van der Waals surface area contributed by atoms with E-state index in [1.165, 1.54) is 109 Å². The van der Waals surface area contributed by atoms with Crippen molar-refractivity contribution >= 4 is 11.9 Å². The number of aliphatic hydroxyl groups is 1. The molecule has 226 valence electrons. The normalized spacial score (nSPS) is 12.8. The first-order valence-electron chi connectivity index (χ1n) is 16.5. The maximum atomic E-state index is 11.9. The van der Waals surface area contributed by atoms with E-state index in [0.717, 1.165) is 38.0 Å². The monoisotopic (exact) mass is 540 g/mol. The van der Waals surface area contributed by atoms with Gasteiger partial charge in [0.15, 0.2) is 0 Å². The van der Waals surface area contributed by atoms with Gasteiger partial charge in [-0.1, -0.05) is 149 Å². The highest BCUT2D eigenvalue weighted by molar-refractivity contribution is 5.69. The van der Waals surface area contributed by atoms with Crippen LogP contribution in [0.3, 0.4) is 0 Å². The van der Waals surface area contributed by atoms with Crippen LogP contribution in [0, 0.1) is 5.92 Å². The van der Waals surface area contributed by atoms with Crippen LogP contribution in [0.15, 0.2) is 0 Å². The van der Waals surface area contributed by atoms with E-state index in [-0.39, 0.29) is 25.2 Å². The number of carbonyl (C=O) groups is 2. The molecular weight excluding hydrogens is 476 g/mol. The summed E-state index contributed by atoms with van der Waals surface area (Å²) >= 11 is 0. The number of unbranched alkanes of at least 4 members (excludes halogenated alkanes) is 18. The van der Waals surface area contributed by atoms with E-state index in [2.05, 4.69) is 20.8 Å². The summed E-state index contributed by atoms with van der Waals surface area (Å²) in [4.78, 5) is 23.7. The zero-order valence-electron chi connectivity index (χ0n) is 25.6. The zero-order chi connectivity index (χ0) is 28.1. The van der Waals surface area contributed by atoms with E-state index >= 15 is 0 Å². The summed E-state index contributed by atoms with van der Waals surface area (Å²) in [5.41, 5.74) is 0. The molecule has 0 aromatic heterocycles. The molecule has 0 saturated carbocycles. The summed E-state index contributed by atoms with van der Waals surface area (Å²) < 4.78 is 10.3. The van der Waals surface area contributed by atoms with Crippen molar-refractivity contribution in [1.29, 1.82) is 0 Å². The first-order valence-corrected chi connectivity index (χ1v) is 16.5. The van der Waals surface area contributed by atoms with Crippen LogP contribution in [0.25, 0.3) is 0 Å². The third-order valence-electron chi connectivity index (χ3n) is 7.63. The third kappa shape index (κ3) is 27.9. The zero-order valence-corrected chi connectivity index (χ0v) is 25.6. The van der Waals surface area contributed by atoms with Crippen molar-refractivity contribution in [1.82, 2.24) is 0 Å². The fourth-order valence-electron chi connectivity index (χ4n) is 4.71. The Balaban J connectivity index is 3.43. The lowest BCUT2D eigenvalue weighted by atomic mass is 9.99. The van der Waals surface area contributed by atoms with Crippen LogP contribution in [0.2, 0.25) is 0 Å². The molecule has 5 nitrogen and oxygen atoms in total. The highest BCUT2D eigenvalue weighted by atomic mass is 16.6. The quantitative estimate of drug-likeness (QED) is 0.0755. The first kappa shape index (κ1) is 36.9. The fraction of sp³-hybridized carbons (Fsp3) is 0.939. The van der Waals surface area contributed by atoms with Crippen LogP contribution >= 0.6 is 0 Å². The maximum Gasteiger partial charge on any atom is 0.305 e. The van der Waals surface area contributed by atoms with Crippen LogP contribution < -0.4 is 0 Å². The summed E-state index contributed by atoms with van der Waals surface area (Å²) in [6.45, 7) is 6.63. The summed E-state index contributed by atoms with van der Waals surface area (Å²) in [7, 11) is 0. The minimum Gasteiger partial charge on any atom is -0.463 e. The van der Waals surface area contributed by atoms with Gasteiger partial charge in [0.1, 0.15) is 19.3 Å². The average molecular weight is 541 g/mol. The number of carbonyl (C=O) groups excluding carboxylic acids is 2. The minimum absolute atomic E-state index is 0.109. The van der Waals surface area contributed by atoms with Gasteiger partial charge in [0.25, 0.3) is 0 Å². The van der Waals surface area contributed by atoms with Gasteiger partial charge in [0.05, 0.1) is 0 Å². The van der Waals surface area contributed by atoms with E-state index in [1.807, 2.05) is 0 Å². The van der Waals surface area contributed by atoms with Crippen molar-refractivity contribution in [2.75, 3.05) is 13.2 Å². The topological polar surface area (TPSA) is 72.8 Å². The van der Waals surface area contributed by atoms with Crippen molar-refractivity contribution in [2.45, 2.75) is 181 Å². The molecule has 0 aliphatic rings. The van der Waals surface area contributed by atoms with Crippen LogP contribution in [-0.2, 0) is 19.1 Å². The Labute approximate surface area is 236 Å². The molecule has 0 rings (SSSR count). The van der Waals surface area contributed by atoms with E-state index < -0.39 is 6.10 Å². The molecule has 5 heteroatoms. The Hall–Kier alpha value is -1.10. The second-order valence-corrected chi connectivity index (χ2v) is 11.5. The maximum absolute atomic E-state index is 11.9. The smallest absolute Gasteiger partial charge is 0.305 e. The molecule has 0 saturated heterocycles. The lowest BCUT2D eigenvalue weighted by molar-refractivity contribution is -0.152. The van der Waals surface area contributed by atoms with Gasteiger partial charge >= 0.3 is 11.9 Å². The summed E-state index contributed by atoms with van der Waals surface area (Å²) in [5, 5.41) is 9.94. The van der Waals surface area contributed by atoms with Gasteiger partial charge in [-0.15, -0.1) is 0 Å². The van der Waals surface area contributed by atoms with E-state index in [9.17, 15) is 14.7 Å². The summed E-state index contributed by atoms with van der Waals surface area (Å²) in [6.07, 6.45) is 27.1. The lowest BCUT2D eigenvalue weighted by Crippen LogP contribution is -2.25. The molecule has 0 aromatic carbocycles. The third-order valence-corrected chi connectivity index (χ3v) is 7.63. The molecule has 0 aliphatic carbocycles. The Morgan fingerprint density at radius 1 is 0.553 bits per heavy atom. The van der Waals surface area contributed by atoms with Gasteiger partial charge in [-0.2, -0.15) is 0 Å². The molecule has 0 heterocycles. The molecule has 2 atom stereocenters. The Kier molecular flexibility index (Phi) is 28.1. The summed E-state index contributed by atoms with van der Waals surface area (Å²) in [6, 6.07) is 0. The standard InChI is InChI=1S/C33H64O5/c1-4-6-7-8-9-10-11-12-13-17-20-23-26-32(35)37-28-31(34)29-38-33(36)27-24-21-18-15-14-16-19-22-25-30(3)5-2/h30-31,34H,4-29H2,1-3H3/t30?,31-/m1/s1. The number of hydrogen-bond donors (Lipinski definition) is 1. The van der Waals surface area contributed by atoms with Crippen molar-refractivity contribution < 1.29 is 24.2 Å². The Bertz CT molecular complexity index is 522. The van der Waals surface area contributed by atoms with Crippen LogP contribution in [0.4, 0.5) is 0 Å². The van der Waals surface area contributed by atoms with Crippen molar-refractivity contribution in [3.8, 4) is 0 Å².